The summed E-state index contributed by atoms with van der Waals surface area (Å²) in [5.74, 6) is 0. The molecule has 0 bridgehead atoms. The summed E-state index contributed by atoms with van der Waals surface area (Å²) in [4.78, 5) is 6.35. The summed E-state index contributed by atoms with van der Waals surface area (Å²) in [5.41, 5.74) is 1.21. The zero-order valence-electron chi connectivity index (χ0n) is 9.24. The predicted molar refractivity (Wildman–Crippen MR) is 64.8 cm³/mol. The molecule has 0 saturated carbocycles. The third-order valence-corrected chi connectivity index (χ3v) is 2.47. The van der Waals surface area contributed by atoms with Gasteiger partial charge in [0.2, 0.25) is 0 Å². The molecule has 15 heavy (non-hydrogen) atoms. The molecule has 0 radical (unpaired) electrons. The first-order valence-corrected chi connectivity index (χ1v) is 5.87. The smallest absolute Gasteiger partial charge is 0.0593 e. The van der Waals surface area contributed by atoms with Gasteiger partial charge >= 0.3 is 0 Å². The lowest BCUT2D eigenvalue weighted by atomic mass is 10.3. The van der Waals surface area contributed by atoms with Gasteiger partial charge in [0.25, 0.3) is 0 Å². The number of nitrogens with zero attached hydrogens (tertiary/aromatic N) is 2. The molecule has 1 aromatic rings. The summed E-state index contributed by atoms with van der Waals surface area (Å²) in [6.45, 7) is 5.43. The van der Waals surface area contributed by atoms with Crippen molar-refractivity contribution in [3.05, 3.63) is 28.5 Å². The highest BCUT2D eigenvalue weighted by Gasteiger charge is 2.00. The van der Waals surface area contributed by atoms with Crippen molar-refractivity contribution in [1.82, 2.24) is 9.88 Å². The van der Waals surface area contributed by atoms with Gasteiger partial charge in [-0.15, -0.1) is 0 Å². The van der Waals surface area contributed by atoms with Crippen LogP contribution >= 0.6 is 15.9 Å². The minimum absolute atomic E-state index is 0.784. The van der Waals surface area contributed by atoms with E-state index < -0.39 is 0 Å². The average Bonchev–Trinajstić information content (AvgIpc) is 2.18. The Kier molecular flexibility index (Phi) is 5.83. The second-order valence-electron chi connectivity index (χ2n) is 3.45. The number of pyridine rings is 1. The van der Waals surface area contributed by atoms with Crippen molar-refractivity contribution < 1.29 is 4.74 Å². The fraction of sp³-hybridized carbons (Fsp3) is 0.545. The van der Waals surface area contributed by atoms with Gasteiger partial charge in [-0.1, -0.05) is 0 Å². The zero-order valence-corrected chi connectivity index (χ0v) is 10.8. The van der Waals surface area contributed by atoms with Crippen molar-refractivity contribution >= 4 is 15.9 Å². The Labute approximate surface area is 99.6 Å². The summed E-state index contributed by atoms with van der Waals surface area (Å²) < 4.78 is 6.33. The molecule has 1 rings (SSSR count). The highest BCUT2D eigenvalue weighted by Crippen LogP contribution is 2.10. The van der Waals surface area contributed by atoms with Crippen LogP contribution in [0, 0.1) is 0 Å². The van der Waals surface area contributed by atoms with E-state index in [-0.39, 0.29) is 0 Å². The third kappa shape index (κ3) is 5.25. The number of hydrogen-bond donors (Lipinski definition) is 0. The summed E-state index contributed by atoms with van der Waals surface area (Å²) in [7, 11) is 2.08. The molecule has 0 saturated heterocycles. The molecule has 0 atom stereocenters. The fourth-order valence-electron chi connectivity index (χ4n) is 1.30. The molecule has 84 valence electrons. The Hall–Kier alpha value is -0.450. The molecule has 3 nitrogen and oxygen atoms in total. The quantitative estimate of drug-likeness (QED) is 0.744. The molecular formula is C11H17BrN2O. The minimum Gasteiger partial charge on any atom is -0.380 e. The van der Waals surface area contributed by atoms with Gasteiger partial charge in [-0.2, -0.15) is 0 Å². The maximum absolute atomic E-state index is 5.30. The van der Waals surface area contributed by atoms with Gasteiger partial charge in [0, 0.05) is 36.6 Å². The second kappa shape index (κ2) is 6.93. The zero-order chi connectivity index (χ0) is 11.1. The molecular weight excluding hydrogens is 256 g/mol. The lowest BCUT2D eigenvalue weighted by Crippen LogP contribution is -2.22. The van der Waals surface area contributed by atoms with Crippen LogP contribution in [0.1, 0.15) is 12.5 Å². The van der Waals surface area contributed by atoms with E-state index in [1.54, 1.807) is 6.20 Å². The van der Waals surface area contributed by atoms with E-state index in [9.17, 15) is 0 Å². The standard InChI is InChI=1S/C11H17BrN2O/c1-3-15-5-4-14(2)9-10-6-11(12)8-13-7-10/h6-8H,3-5,9H2,1-2H3. The number of halogens is 1. The highest BCUT2D eigenvalue weighted by atomic mass is 79.9. The lowest BCUT2D eigenvalue weighted by molar-refractivity contribution is 0.120. The molecule has 0 fully saturated rings. The first-order valence-electron chi connectivity index (χ1n) is 5.08. The van der Waals surface area contributed by atoms with E-state index in [2.05, 4.69) is 38.9 Å². The van der Waals surface area contributed by atoms with Crippen LogP contribution < -0.4 is 0 Å². The van der Waals surface area contributed by atoms with Crippen LogP contribution in [-0.4, -0.2) is 36.7 Å². The molecule has 0 unspecified atom stereocenters. The molecule has 0 N–H and O–H groups in total. The minimum atomic E-state index is 0.784. The summed E-state index contributed by atoms with van der Waals surface area (Å²) >= 11 is 3.41. The molecule has 1 aromatic heterocycles. The Morgan fingerprint density at radius 3 is 2.93 bits per heavy atom. The molecule has 4 heteroatoms. The topological polar surface area (TPSA) is 25.4 Å². The number of ether oxygens (including phenoxy) is 1. The largest absolute Gasteiger partial charge is 0.380 e. The van der Waals surface area contributed by atoms with Gasteiger partial charge in [-0.25, -0.2) is 0 Å². The van der Waals surface area contributed by atoms with E-state index in [1.807, 2.05) is 13.1 Å². The monoisotopic (exact) mass is 272 g/mol. The Morgan fingerprint density at radius 2 is 2.27 bits per heavy atom. The molecule has 1 heterocycles. The van der Waals surface area contributed by atoms with Crippen molar-refractivity contribution in [1.29, 1.82) is 0 Å². The normalized spacial score (nSPS) is 10.9. The molecule has 0 aromatic carbocycles. The van der Waals surface area contributed by atoms with Crippen molar-refractivity contribution in [2.24, 2.45) is 0 Å². The van der Waals surface area contributed by atoms with E-state index in [1.165, 1.54) is 5.56 Å². The van der Waals surface area contributed by atoms with Crippen LogP contribution in [0.5, 0.6) is 0 Å². The molecule has 0 aliphatic rings. The number of aromatic nitrogens is 1. The summed E-state index contributed by atoms with van der Waals surface area (Å²) in [5, 5.41) is 0. The van der Waals surface area contributed by atoms with Crippen LogP contribution in [-0.2, 0) is 11.3 Å². The van der Waals surface area contributed by atoms with Crippen LogP contribution in [0.15, 0.2) is 22.9 Å². The van der Waals surface area contributed by atoms with Crippen molar-refractivity contribution in [3.8, 4) is 0 Å². The predicted octanol–water partition coefficient (Wildman–Crippen LogP) is 2.31. The first kappa shape index (κ1) is 12.6. The number of hydrogen-bond acceptors (Lipinski definition) is 3. The summed E-state index contributed by atoms with van der Waals surface area (Å²) in [6, 6.07) is 2.09. The van der Waals surface area contributed by atoms with Crippen LogP contribution in [0.2, 0.25) is 0 Å². The molecule has 0 spiro atoms. The molecule has 0 aliphatic heterocycles. The third-order valence-electron chi connectivity index (χ3n) is 2.04. The van der Waals surface area contributed by atoms with Crippen LogP contribution in [0.3, 0.4) is 0 Å². The van der Waals surface area contributed by atoms with Gasteiger partial charge in [0.1, 0.15) is 0 Å². The molecule has 0 amide bonds. The second-order valence-corrected chi connectivity index (χ2v) is 4.36. The Balaban J connectivity index is 2.34. The fourth-order valence-corrected chi connectivity index (χ4v) is 1.71. The van der Waals surface area contributed by atoms with Gasteiger partial charge in [0.05, 0.1) is 6.61 Å². The Bertz CT molecular complexity index is 294. The highest BCUT2D eigenvalue weighted by molar-refractivity contribution is 9.10. The van der Waals surface area contributed by atoms with Crippen LogP contribution in [0.4, 0.5) is 0 Å². The molecule has 0 aliphatic carbocycles. The Morgan fingerprint density at radius 1 is 1.47 bits per heavy atom. The average molecular weight is 273 g/mol. The van der Waals surface area contributed by atoms with Gasteiger partial charge in [-0.3, -0.25) is 9.88 Å². The van der Waals surface area contributed by atoms with Crippen molar-refractivity contribution in [3.63, 3.8) is 0 Å². The lowest BCUT2D eigenvalue weighted by Gasteiger charge is -2.16. The number of likely N-dealkylation sites (N-methyl/N-ethyl adjacent to an activating group) is 1. The van der Waals surface area contributed by atoms with Gasteiger partial charge < -0.3 is 4.74 Å². The first-order chi connectivity index (χ1) is 7.22. The maximum atomic E-state index is 5.30. The van der Waals surface area contributed by atoms with Crippen LogP contribution in [0.25, 0.3) is 0 Å². The van der Waals surface area contributed by atoms with Gasteiger partial charge in [0.15, 0.2) is 0 Å². The van der Waals surface area contributed by atoms with Gasteiger partial charge in [-0.05, 0) is 41.5 Å². The number of rotatable bonds is 6. The van der Waals surface area contributed by atoms with Crippen molar-refractivity contribution in [2.45, 2.75) is 13.5 Å². The van der Waals surface area contributed by atoms with E-state index >= 15 is 0 Å². The van der Waals surface area contributed by atoms with E-state index in [4.69, 9.17) is 4.74 Å². The maximum Gasteiger partial charge on any atom is 0.0593 e. The van der Waals surface area contributed by atoms with Crippen molar-refractivity contribution in [2.75, 3.05) is 26.8 Å². The van der Waals surface area contributed by atoms with E-state index in [0.717, 1.165) is 30.8 Å². The summed E-state index contributed by atoms with van der Waals surface area (Å²) in [6.07, 6.45) is 3.69. The van der Waals surface area contributed by atoms with E-state index in [0.29, 0.717) is 0 Å². The SMILES string of the molecule is CCOCCN(C)Cc1cncc(Br)c1.